The molecule has 1 aromatic heterocycles. The van der Waals surface area contributed by atoms with Crippen LogP contribution in [0, 0.1) is 11.3 Å². The van der Waals surface area contributed by atoms with Crippen molar-refractivity contribution in [3.05, 3.63) is 64.9 Å². The molecule has 1 aliphatic carbocycles. The molecule has 2 heterocycles. The summed E-state index contributed by atoms with van der Waals surface area (Å²) in [5.41, 5.74) is 3.27. The first-order chi connectivity index (χ1) is 18.4. The van der Waals surface area contributed by atoms with Gasteiger partial charge in [0.2, 0.25) is 5.91 Å². The molecule has 4 rings (SSSR count). The predicted octanol–water partition coefficient (Wildman–Crippen LogP) is 4.17. The molecule has 1 amide bonds. The average molecular weight is 517 g/mol. The van der Waals surface area contributed by atoms with Crippen LogP contribution in [0.3, 0.4) is 0 Å². The Morgan fingerprint density at radius 1 is 1.21 bits per heavy atom. The van der Waals surface area contributed by atoms with E-state index in [1.54, 1.807) is 19.3 Å². The van der Waals surface area contributed by atoms with E-state index in [1.807, 2.05) is 49.1 Å². The zero-order valence-corrected chi connectivity index (χ0v) is 22.5. The number of carbonyl (C=O) groups excluding carboxylic acids is 2. The van der Waals surface area contributed by atoms with Gasteiger partial charge in [0.1, 0.15) is 24.2 Å². The molecular formula is C30H36N4O4. The summed E-state index contributed by atoms with van der Waals surface area (Å²) in [5.74, 6) is 1.79. The number of aromatic nitrogens is 1. The molecule has 0 bridgehead atoms. The third-order valence-corrected chi connectivity index (χ3v) is 6.96. The van der Waals surface area contributed by atoms with Crippen molar-refractivity contribution in [1.29, 1.82) is 5.26 Å². The highest BCUT2D eigenvalue weighted by molar-refractivity contribution is 5.91. The van der Waals surface area contributed by atoms with Crippen LogP contribution in [0.15, 0.2) is 42.5 Å². The number of rotatable bonds is 11. The molecule has 8 nitrogen and oxygen atoms in total. The number of anilines is 1. The van der Waals surface area contributed by atoms with Crippen molar-refractivity contribution in [1.82, 2.24) is 9.88 Å². The van der Waals surface area contributed by atoms with Gasteiger partial charge in [-0.1, -0.05) is 30.3 Å². The highest BCUT2D eigenvalue weighted by Gasteiger charge is 2.33. The summed E-state index contributed by atoms with van der Waals surface area (Å²) in [7, 11) is 1.60. The van der Waals surface area contributed by atoms with E-state index in [4.69, 9.17) is 14.5 Å². The number of methoxy groups -OCH3 is 1. The Balaban J connectivity index is 1.49. The molecule has 1 aliphatic heterocycles. The number of ether oxygens (including phenoxy) is 2. The van der Waals surface area contributed by atoms with Crippen LogP contribution < -0.4 is 9.64 Å². The summed E-state index contributed by atoms with van der Waals surface area (Å²) in [6.45, 7) is 6.42. The number of hydrogen-bond acceptors (Lipinski definition) is 7. The highest BCUT2D eigenvalue weighted by Crippen LogP contribution is 2.45. The molecule has 2 aliphatic rings. The van der Waals surface area contributed by atoms with Crippen LogP contribution >= 0.6 is 0 Å². The first kappa shape index (κ1) is 27.3. The molecule has 1 saturated carbocycles. The van der Waals surface area contributed by atoms with Crippen LogP contribution in [0.4, 0.5) is 5.82 Å². The fraction of sp³-hybridized carbons (Fsp3) is 0.467. The molecule has 0 N–H and O–H groups in total. The number of benzene rings is 1. The number of amides is 1. The normalized spacial score (nSPS) is 17.5. The lowest BCUT2D eigenvalue weighted by Crippen LogP contribution is -2.54. The van der Waals surface area contributed by atoms with Gasteiger partial charge >= 0.3 is 0 Å². The first-order valence-corrected chi connectivity index (χ1v) is 13.3. The summed E-state index contributed by atoms with van der Waals surface area (Å²) in [6, 6.07) is 12.0. The van der Waals surface area contributed by atoms with Crippen molar-refractivity contribution in [2.45, 2.75) is 58.1 Å². The molecule has 0 spiro atoms. The Morgan fingerprint density at radius 3 is 2.68 bits per heavy atom. The predicted molar refractivity (Wildman–Crippen MR) is 145 cm³/mol. The topological polar surface area (TPSA) is 95.8 Å². The number of allylic oxidation sites excluding steroid dienone is 2. The van der Waals surface area contributed by atoms with E-state index in [9.17, 15) is 14.9 Å². The monoisotopic (exact) mass is 516 g/mol. The summed E-state index contributed by atoms with van der Waals surface area (Å²) in [6.07, 6.45) is 6.16. The second-order valence-electron chi connectivity index (χ2n) is 10.0. The van der Waals surface area contributed by atoms with E-state index in [0.29, 0.717) is 68.7 Å². The van der Waals surface area contributed by atoms with Crippen molar-refractivity contribution >= 4 is 17.5 Å². The molecule has 0 radical (unpaired) electrons. The van der Waals surface area contributed by atoms with Gasteiger partial charge in [-0.15, -0.1) is 0 Å². The van der Waals surface area contributed by atoms with Crippen LogP contribution in [0.1, 0.15) is 61.4 Å². The van der Waals surface area contributed by atoms with Gasteiger partial charge in [-0.05, 0) is 43.9 Å². The molecule has 8 heteroatoms. The molecule has 0 unspecified atom stereocenters. The molecule has 200 valence electrons. The van der Waals surface area contributed by atoms with Crippen LogP contribution in [0.2, 0.25) is 0 Å². The fourth-order valence-electron chi connectivity index (χ4n) is 4.88. The third kappa shape index (κ3) is 6.78. The lowest BCUT2D eigenvalue weighted by molar-refractivity contribution is -0.134. The van der Waals surface area contributed by atoms with Crippen molar-refractivity contribution in [2.75, 3.05) is 38.3 Å². The number of piperazine rings is 1. The number of ketones is 1. The Hall–Kier alpha value is -3.70. The number of pyridine rings is 1. The Kier molecular flexibility index (Phi) is 9.14. The Bertz CT molecular complexity index is 1230. The van der Waals surface area contributed by atoms with E-state index in [-0.39, 0.29) is 17.7 Å². The van der Waals surface area contributed by atoms with Crippen LogP contribution in [-0.4, -0.2) is 61.0 Å². The lowest BCUT2D eigenvalue weighted by Gasteiger charge is -2.40. The van der Waals surface area contributed by atoms with Gasteiger partial charge in [-0.25, -0.2) is 4.98 Å². The van der Waals surface area contributed by atoms with Gasteiger partial charge < -0.3 is 19.3 Å². The quantitative estimate of drug-likeness (QED) is 0.414. The van der Waals surface area contributed by atoms with E-state index in [2.05, 4.69) is 11.0 Å². The van der Waals surface area contributed by atoms with Crippen molar-refractivity contribution < 1.29 is 19.1 Å². The number of hydrogen-bond donors (Lipinski definition) is 0. The van der Waals surface area contributed by atoms with Crippen LogP contribution in [0.25, 0.3) is 0 Å². The maximum Gasteiger partial charge on any atom is 0.225 e. The van der Waals surface area contributed by atoms with Gasteiger partial charge in [-0.2, -0.15) is 5.26 Å². The van der Waals surface area contributed by atoms with Crippen molar-refractivity contribution in [3.63, 3.8) is 0 Å². The third-order valence-electron chi connectivity index (χ3n) is 6.96. The minimum atomic E-state index is 0.00808. The van der Waals surface area contributed by atoms with Crippen molar-refractivity contribution in [3.8, 4) is 11.8 Å². The van der Waals surface area contributed by atoms with Gasteiger partial charge in [0.05, 0.1) is 24.3 Å². The van der Waals surface area contributed by atoms with E-state index < -0.39 is 0 Å². The summed E-state index contributed by atoms with van der Waals surface area (Å²) in [4.78, 5) is 33.5. The van der Waals surface area contributed by atoms with Gasteiger partial charge in [0.15, 0.2) is 5.78 Å². The molecule has 1 atom stereocenters. The summed E-state index contributed by atoms with van der Waals surface area (Å²) >= 11 is 0. The Labute approximate surface area is 224 Å². The number of carbonyl (C=O) groups is 2. The molecule has 2 aromatic rings. The maximum atomic E-state index is 12.5. The number of nitriles is 1. The maximum absolute atomic E-state index is 12.5. The van der Waals surface area contributed by atoms with Gasteiger partial charge in [0.25, 0.3) is 0 Å². The SMILES string of the molecule is C/C=C/C(=O)Cc1cccc(COc2cc(C#N)c(N3CCN(C(=O)CCOC)[C@H](C)C3)nc2C2CC2)c1. The number of nitrogens with zero attached hydrogens (tertiary/aromatic N) is 4. The second kappa shape index (κ2) is 12.7. The highest BCUT2D eigenvalue weighted by atomic mass is 16.5. The Morgan fingerprint density at radius 2 is 2.00 bits per heavy atom. The molecule has 2 fully saturated rings. The summed E-state index contributed by atoms with van der Waals surface area (Å²) in [5, 5.41) is 9.98. The smallest absolute Gasteiger partial charge is 0.225 e. The van der Waals surface area contributed by atoms with E-state index in [0.717, 1.165) is 29.7 Å². The molecule has 1 saturated heterocycles. The van der Waals surface area contributed by atoms with Crippen LogP contribution in [0.5, 0.6) is 5.75 Å². The lowest BCUT2D eigenvalue weighted by atomic mass is 10.1. The van der Waals surface area contributed by atoms with E-state index >= 15 is 0 Å². The minimum Gasteiger partial charge on any atom is -0.487 e. The second-order valence-corrected chi connectivity index (χ2v) is 10.0. The van der Waals surface area contributed by atoms with E-state index in [1.165, 1.54) is 0 Å². The molecule has 38 heavy (non-hydrogen) atoms. The fourth-order valence-corrected chi connectivity index (χ4v) is 4.88. The zero-order valence-electron chi connectivity index (χ0n) is 22.5. The largest absolute Gasteiger partial charge is 0.487 e. The minimum absolute atomic E-state index is 0.00808. The molecular weight excluding hydrogens is 480 g/mol. The van der Waals surface area contributed by atoms with Crippen LogP contribution in [-0.2, 0) is 27.4 Å². The van der Waals surface area contributed by atoms with Gasteiger partial charge in [0, 0.05) is 51.2 Å². The standard InChI is InChI=1S/C30H36N4O4/c1-4-6-26(35)16-22-7-5-8-23(15-22)20-38-27-17-25(18-31)30(32-29(27)24-9-10-24)33-12-13-34(21(2)19-33)28(36)11-14-37-3/h4-8,15,17,21,24H,9-14,16,19-20H2,1-3H3/b6-4+/t21-/m1/s1. The molecule has 1 aromatic carbocycles. The zero-order chi connectivity index (χ0) is 27.1. The van der Waals surface area contributed by atoms with Crippen molar-refractivity contribution in [2.24, 2.45) is 0 Å². The van der Waals surface area contributed by atoms with Gasteiger partial charge in [-0.3, -0.25) is 9.59 Å². The first-order valence-electron chi connectivity index (χ1n) is 13.3. The summed E-state index contributed by atoms with van der Waals surface area (Å²) < 4.78 is 11.3. The average Bonchev–Trinajstić information content (AvgIpc) is 3.76.